The quantitative estimate of drug-likeness (QED) is 0.0912. The summed E-state index contributed by atoms with van der Waals surface area (Å²) in [5, 5.41) is 10.7. The molecule has 0 heterocycles. The van der Waals surface area contributed by atoms with Gasteiger partial charge in [0, 0.05) is 18.7 Å². The Morgan fingerprint density at radius 2 is 1.74 bits per heavy atom. The van der Waals surface area contributed by atoms with Crippen molar-refractivity contribution in [2.24, 2.45) is 0 Å². The molecule has 13 heteroatoms. The van der Waals surface area contributed by atoms with Crippen LogP contribution in [0.4, 0.5) is 24.5 Å². The van der Waals surface area contributed by atoms with E-state index in [4.69, 9.17) is 37.4 Å². The number of benzene rings is 3. The smallest absolute Gasteiger partial charge is 0.416 e. The van der Waals surface area contributed by atoms with Gasteiger partial charge >= 0.3 is 11.9 Å². The van der Waals surface area contributed by atoms with Gasteiger partial charge < -0.3 is 14.2 Å². The number of carbonyl (C=O) groups excluding carboxylic acids is 1. The van der Waals surface area contributed by atoms with E-state index in [0.717, 1.165) is 41.4 Å². The Balaban J connectivity index is 0.000000307. The van der Waals surface area contributed by atoms with Gasteiger partial charge in [0.15, 0.2) is 0 Å². The molecule has 0 bridgehead atoms. The van der Waals surface area contributed by atoms with Crippen LogP contribution in [0.1, 0.15) is 37.5 Å². The maximum absolute atomic E-state index is 12.6. The third-order valence-electron chi connectivity index (χ3n) is 5.73. The van der Waals surface area contributed by atoms with Crippen LogP contribution in [0.2, 0.25) is 5.02 Å². The summed E-state index contributed by atoms with van der Waals surface area (Å²) in [6.45, 7) is 8.65. The SMILES string of the molecule is CCOCN(C(=O)CCl)c1c(C)cccc1CC.CCOc1cc(Oc2ccc(C(F)(F)F)cc2Cl)ccc1[N+](=O)[O-]. The van der Waals surface area contributed by atoms with Gasteiger partial charge in [-0.15, -0.1) is 11.6 Å². The lowest BCUT2D eigenvalue weighted by Gasteiger charge is -2.25. The average molecular weight is 631 g/mol. The number of aryl methyl sites for hydroxylation is 2. The standard InChI is InChI=1S/C15H11ClF3NO4.C14H20ClNO2/c1-2-23-14-8-10(4-5-12(14)20(21)22)24-13-6-3-9(7-11(13)16)15(17,18)19;1-4-12-8-6-7-11(3)14(12)16(10-18-5-2)13(17)9-15/h3-8H,2H2,1H3;6-8H,4-5,9-10H2,1-3H3. The largest absolute Gasteiger partial charge is 0.487 e. The maximum atomic E-state index is 12.6. The first-order valence-electron chi connectivity index (χ1n) is 12.9. The molecule has 1 amide bonds. The summed E-state index contributed by atoms with van der Waals surface area (Å²) in [6, 6.07) is 12.4. The van der Waals surface area contributed by atoms with Crippen LogP contribution in [-0.2, 0) is 22.1 Å². The fourth-order valence-corrected chi connectivity index (χ4v) is 4.14. The minimum atomic E-state index is -4.52. The summed E-state index contributed by atoms with van der Waals surface area (Å²) >= 11 is 11.5. The van der Waals surface area contributed by atoms with E-state index in [-0.39, 0.29) is 53.1 Å². The van der Waals surface area contributed by atoms with Gasteiger partial charge in [0.25, 0.3) is 0 Å². The highest BCUT2D eigenvalue weighted by Crippen LogP contribution is 2.38. The van der Waals surface area contributed by atoms with Crippen molar-refractivity contribution in [2.75, 3.05) is 30.7 Å². The predicted molar refractivity (Wildman–Crippen MR) is 156 cm³/mol. The van der Waals surface area contributed by atoms with Crippen LogP contribution >= 0.6 is 23.2 Å². The molecule has 42 heavy (non-hydrogen) atoms. The van der Waals surface area contributed by atoms with Crippen molar-refractivity contribution in [2.45, 2.75) is 40.3 Å². The molecule has 0 radical (unpaired) electrons. The summed E-state index contributed by atoms with van der Waals surface area (Å²) in [4.78, 5) is 23.9. The van der Waals surface area contributed by atoms with E-state index in [1.165, 1.54) is 18.2 Å². The van der Waals surface area contributed by atoms with Crippen LogP contribution < -0.4 is 14.4 Å². The van der Waals surface area contributed by atoms with Crippen LogP contribution in [0.3, 0.4) is 0 Å². The molecule has 0 saturated heterocycles. The minimum absolute atomic E-state index is 0.0111. The number of nitrogens with zero attached hydrogens (tertiary/aromatic N) is 2. The third kappa shape index (κ3) is 9.50. The summed E-state index contributed by atoms with van der Waals surface area (Å²) in [7, 11) is 0. The molecule has 0 spiro atoms. The summed E-state index contributed by atoms with van der Waals surface area (Å²) in [5.41, 5.74) is 1.97. The van der Waals surface area contributed by atoms with Crippen LogP contribution in [0.15, 0.2) is 54.6 Å². The van der Waals surface area contributed by atoms with Crippen molar-refractivity contribution in [1.29, 1.82) is 0 Å². The zero-order valence-electron chi connectivity index (χ0n) is 23.5. The van der Waals surface area contributed by atoms with Gasteiger partial charge in [0.2, 0.25) is 11.7 Å². The Kier molecular flexibility index (Phi) is 13.4. The zero-order valence-corrected chi connectivity index (χ0v) is 25.0. The van der Waals surface area contributed by atoms with Gasteiger partial charge in [-0.3, -0.25) is 19.8 Å². The minimum Gasteiger partial charge on any atom is -0.487 e. The highest BCUT2D eigenvalue weighted by molar-refractivity contribution is 6.32. The highest BCUT2D eigenvalue weighted by atomic mass is 35.5. The fraction of sp³-hybridized carbons (Fsp3) is 0.345. The van der Waals surface area contributed by atoms with Crippen molar-refractivity contribution in [3.05, 3.63) is 86.4 Å². The zero-order chi connectivity index (χ0) is 31.4. The molecule has 0 aromatic heterocycles. The molecule has 3 aromatic rings. The van der Waals surface area contributed by atoms with E-state index in [9.17, 15) is 28.1 Å². The number of hydrogen-bond donors (Lipinski definition) is 0. The number of halogens is 5. The third-order valence-corrected chi connectivity index (χ3v) is 6.25. The molecule has 8 nitrogen and oxygen atoms in total. The van der Waals surface area contributed by atoms with Crippen molar-refractivity contribution in [1.82, 2.24) is 0 Å². The van der Waals surface area contributed by atoms with Crippen LogP contribution in [0.25, 0.3) is 0 Å². The first-order chi connectivity index (χ1) is 19.9. The number of anilines is 1. The van der Waals surface area contributed by atoms with Gasteiger partial charge in [0.05, 0.1) is 27.8 Å². The predicted octanol–water partition coefficient (Wildman–Crippen LogP) is 8.58. The number of rotatable bonds is 11. The number of carbonyl (C=O) groups is 1. The van der Waals surface area contributed by atoms with Crippen molar-refractivity contribution >= 4 is 40.5 Å². The van der Waals surface area contributed by atoms with Gasteiger partial charge in [-0.1, -0.05) is 36.7 Å². The van der Waals surface area contributed by atoms with E-state index in [1.54, 1.807) is 11.8 Å². The van der Waals surface area contributed by atoms with Crippen molar-refractivity contribution in [3.8, 4) is 17.2 Å². The average Bonchev–Trinajstić information content (AvgIpc) is 2.94. The van der Waals surface area contributed by atoms with Gasteiger partial charge in [0.1, 0.15) is 24.1 Å². The van der Waals surface area contributed by atoms with E-state index in [0.29, 0.717) is 6.61 Å². The molecule has 0 aliphatic rings. The second kappa shape index (κ2) is 16.2. The summed E-state index contributed by atoms with van der Waals surface area (Å²) in [6.07, 6.45) is -3.65. The molecular weight excluding hydrogens is 600 g/mol. The van der Waals surface area contributed by atoms with E-state index < -0.39 is 16.7 Å². The first kappa shape index (κ1) is 34.7. The van der Waals surface area contributed by atoms with Crippen molar-refractivity contribution in [3.63, 3.8) is 0 Å². The summed E-state index contributed by atoms with van der Waals surface area (Å²) < 4.78 is 53.8. The molecule has 0 N–H and O–H groups in total. The molecule has 3 aromatic carbocycles. The summed E-state index contributed by atoms with van der Waals surface area (Å²) in [5.74, 6) is -0.0475. The van der Waals surface area contributed by atoms with Crippen LogP contribution in [0.5, 0.6) is 17.2 Å². The molecule has 0 fully saturated rings. The Hall–Kier alpha value is -3.54. The second-order valence-electron chi connectivity index (χ2n) is 8.58. The van der Waals surface area contributed by atoms with Gasteiger partial charge in [-0.05, 0) is 62.6 Å². The molecule has 228 valence electrons. The van der Waals surface area contributed by atoms with E-state index >= 15 is 0 Å². The fourth-order valence-electron chi connectivity index (χ4n) is 3.77. The Labute approximate surface area is 252 Å². The number of amides is 1. The molecule has 0 aliphatic heterocycles. The lowest BCUT2D eigenvalue weighted by atomic mass is 10.0. The van der Waals surface area contributed by atoms with Crippen LogP contribution in [-0.4, -0.2) is 36.7 Å². The lowest BCUT2D eigenvalue weighted by molar-refractivity contribution is -0.385. The van der Waals surface area contributed by atoms with E-state index in [2.05, 4.69) is 6.92 Å². The topological polar surface area (TPSA) is 91.1 Å². The Bertz CT molecular complexity index is 1370. The Morgan fingerprint density at radius 3 is 2.29 bits per heavy atom. The molecule has 3 rings (SSSR count). The molecular formula is C29H31Cl2F3N2O6. The van der Waals surface area contributed by atoms with Gasteiger partial charge in [-0.2, -0.15) is 13.2 Å². The number of nitro benzene ring substituents is 1. The van der Waals surface area contributed by atoms with Crippen molar-refractivity contribution < 1.29 is 37.1 Å². The highest BCUT2D eigenvalue weighted by Gasteiger charge is 2.31. The maximum Gasteiger partial charge on any atom is 0.416 e. The number of nitro groups is 1. The molecule has 0 unspecified atom stereocenters. The number of ether oxygens (including phenoxy) is 3. The molecule has 0 saturated carbocycles. The molecule has 0 atom stereocenters. The monoisotopic (exact) mass is 630 g/mol. The first-order valence-corrected chi connectivity index (χ1v) is 13.8. The van der Waals surface area contributed by atoms with Crippen LogP contribution in [0, 0.1) is 17.0 Å². The molecule has 0 aliphatic carbocycles. The Morgan fingerprint density at radius 1 is 1.02 bits per heavy atom. The van der Waals surface area contributed by atoms with E-state index in [1.807, 2.05) is 32.0 Å². The number of para-hydroxylation sites is 1. The number of alkyl halides is 4. The second-order valence-corrected chi connectivity index (χ2v) is 9.25. The number of hydrogen-bond acceptors (Lipinski definition) is 6. The normalized spacial score (nSPS) is 10.9. The van der Waals surface area contributed by atoms with Gasteiger partial charge in [-0.25, -0.2) is 0 Å². The lowest BCUT2D eigenvalue weighted by Crippen LogP contribution is -2.35.